The third kappa shape index (κ3) is 2.49. The van der Waals surface area contributed by atoms with Crippen LogP contribution in [-0.4, -0.2) is 5.16 Å². The molecule has 0 saturated carbocycles. The van der Waals surface area contributed by atoms with Crippen LogP contribution in [0.15, 0.2) is 22.7 Å². The van der Waals surface area contributed by atoms with Gasteiger partial charge in [0.2, 0.25) is 0 Å². The molecule has 0 aliphatic rings. The Labute approximate surface area is 102 Å². The van der Waals surface area contributed by atoms with Crippen molar-refractivity contribution >= 4 is 5.69 Å². The van der Waals surface area contributed by atoms with E-state index in [-0.39, 0.29) is 0 Å². The zero-order chi connectivity index (χ0) is 12.4. The topological polar surface area (TPSA) is 38.1 Å². The van der Waals surface area contributed by atoms with E-state index in [1.807, 2.05) is 13.8 Å². The number of aromatic nitrogens is 1. The average Bonchev–Trinajstić information content (AvgIpc) is 2.58. The van der Waals surface area contributed by atoms with Crippen LogP contribution in [0.3, 0.4) is 0 Å². The third-order valence-corrected chi connectivity index (χ3v) is 3.02. The second kappa shape index (κ2) is 4.62. The molecule has 90 valence electrons. The number of rotatable bonds is 3. The van der Waals surface area contributed by atoms with Gasteiger partial charge in [0, 0.05) is 17.8 Å². The zero-order valence-corrected chi connectivity index (χ0v) is 10.8. The normalized spacial score (nSPS) is 10.6. The first kappa shape index (κ1) is 11.7. The summed E-state index contributed by atoms with van der Waals surface area (Å²) in [5, 5.41) is 7.37. The van der Waals surface area contributed by atoms with Crippen LogP contribution in [0.1, 0.15) is 28.1 Å². The minimum Gasteiger partial charge on any atom is -0.381 e. The van der Waals surface area contributed by atoms with E-state index in [1.54, 1.807) is 0 Å². The lowest BCUT2D eigenvalue weighted by Gasteiger charge is -2.09. The van der Waals surface area contributed by atoms with Gasteiger partial charge in [0.05, 0.1) is 5.69 Å². The standard InChI is InChI=1S/C14H18N2O/c1-9-5-6-14(10(2)7-9)15-8-13-11(3)16-17-12(13)4/h5-7,15H,8H2,1-4H3. The molecule has 3 heteroatoms. The highest BCUT2D eigenvalue weighted by molar-refractivity contribution is 5.52. The second-order valence-corrected chi connectivity index (χ2v) is 4.47. The molecule has 1 aromatic heterocycles. The fraction of sp³-hybridized carbons (Fsp3) is 0.357. The van der Waals surface area contributed by atoms with Gasteiger partial charge < -0.3 is 9.84 Å². The number of hydrogen-bond donors (Lipinski definition) is 1. The van der Waals surface area contributed by atoms with Crippen molar-refractivity contribution in [2.75, 3.05) is 5.32 Å². The Kier molecular flexibility index (Phi) is 3.18. The van der Waals surface area contributed by atoms with Crippen molar-refractivity contribution in [2.24, 2.45) is 0 Å². The summed E-state index contributed by atoms with van der Waals surface area (Å²) in [6.45, 7) is 8.88. The first-order chi connectivity index (χ1) is 8.08. The van der Waals surface area contributed by atoms with E-state index in [0.717, 1.165) is 29.2 Å². The Morgan fingerprint density at radius 1 is 1.18 bits per heavy atom. The van der Waals surface area contributed by atoms with Gasteiger partial charge in [-0.15, -0.1) is 0 Å². The lowest BCUT2D eigenvalue weighted by atomic mass is 10.1. The number of anilines is 1. The number of hydrogen-bond acceptors (Lipinski definition) is 3. The minimum atomic E-state index is 0.755. The summed E-state index contributed by atoms with van der Waals surface area (Å²) < 4.78 is 5.14. The van der Waals surface area contributed by atoms with Crippen molar-refractivity contribution in [1.82, 2.24) is 5.16 Å². The smallest absolute Gasteiger partial charge is 0.138 e. The van der Waals surface area contributed by atoms with Crippen LogP contribution in [-0.2, 0) is 6.54 Å². The van der Waals surface area contributed by atoms with E-state index in [2.05, 4.69) is 42.5 Å². The van der Waals surface area contributed by atoms with Gasteiger partial charge in [-0.1, -0.05) is 22.9 Å². The van der Waals surface area contributed by atoms with Gasteiger partial charge in [0.15, 0.2) is 0 Å². The van der Waals surface area contributed by atoms with E-state index in [9.17, 15) is 0 Å². The molecular formula is C14H18N2O. The highest BCUT2D eigenvalue weighted by atomic mass is 16.5. The lowest BCUT2D eigenvalue weighted by molar-refractivity contribution is 0.392. The average molecular weight is 230 g/mol. The molecule has 0 amide bonds. The molecule has 2 rings (SSSR count). The molecule has 0 atom stereocenters. The first-order valence-corrected chi connectivity index (χ1v) is 5.81. The summed E-state index contributed by atoms with van der Waals surface area (Å²) in [7, 11) is 0. The quantitative estimate of drug-likeness (QED) is 0.876. The van der Waals surface area contributed by atoms with Crippen LogP contribution in [0.25, 0.3) is 0 Å². The summed E-state index contributed by atoms with van der Waals surface area (Å²) >= 11 is 0. The van der Waals surface area contributed by atoms with Gasteiger partial charge in [0.1, 0.15) is 5.76 Å². The first-order valence-electron chi connectivity index (χ1n) is 5.81. The van der Waals surface area contributed by atoms with Gasteiger partial charge in [-0.25, -0.2) is 0 Å². The lowest BCUT2D eigenvalue weighted by Crippen LogP contribution is -2.02. The van der Waals surface area contributed by atoms with Crippen molar-refractivity contribution in [1.29, 1.82) is 0 Å². The number of benzene rings is 1. The Morgan fingerprint density at radius 3 is 2.53 bits per heavy atom. The van der Waals surface area contributed by atoms with Crippen LogP contribution in [0, 0.1) is 27.7 Å². The summed E-state index contributed by atoms with van der Waals surface area (Å²) in [6.07, 6.45) is 0. The molecule has 3 nitrogen and oxygen atoms in total. The molecule has 1 N–H and O–H groups in total. The van der Waals surface area contributed by atoms with E-state index in [0.29, 0.717) is 0 Å². The molecule has 0 unspecified atom stereocenters. The molecule has 0 aliphatic heterocycles. The van der Waals surface area contributed by atoms with Gasteiger partial charge in [0.25, 0.3) is 0 Å². The van der Waals surface area contributed by atoms with Crippen LogP contribution >= 0.6 is 0 Å². The van der Waals surface area contributed by atoms with Crippen LogP contribution in [0.4, 0.5) is 5.69 Å². The van der Waals surface area contributed by atoms with Crippen LogP contribution < -0.4 is 5.32 Å². The predicted molar refractivity (Wildman–Crippen MR) is 69.2 cm³/mol. The Hall–Kier alpha value is -1.77. The maximum absolute atomic E-state index is 5.14. The summed E-state index contributed by atoms with van der Waals surface area (Å²) in [5.41, 5.74) is 5.81. The maximum Gasteiger partial charge on any atom is 0.138 e. The van der Waals surface area contributed by atoms with Gasteiger partial charge in [-0.05, 0) is 39.3 Å². The molecule has 0 aliphatic carbocycles. The molecule has 1 aromatic carbocycles. The molecule has 0 radical (unpaired) electrons. The zero-order valence-electron chi connectivity index (χ0n) is 10.8. The molecule has 17 heavy (non-hydrogen) atoms. The van der Waals surface area contributed by atoms with E-state index in [1.165, 1.54) is 11.1 Å². The van der Waals surface area contributed by atoms with Crippen molar-refractivity contribution < 1.29 is 4.52 Å². The van der Waals surface area contributed by atoms with E-state index >= 15 is 0 Å². The number of aryl methyl sites for hydroxylation is 4. The summed E-state index contributed by atoms with van der Waals surface area (Å²) in [4.78, 5) is 0. The van der Waals surface area contributed by atoms with Crippen molar-refractivity contribution in [3.8, 4) is 0 Å². The third-order valence-electron chi connectivity index (χ3n) is 3.02. The van der Waals surface area contributed by atoms with Gasteiger partial charge in [-0.2, -0.15) is 0 Å². The summed E-state index contributed by atoms with van der Waals surface area (Å²) in [6, 6.07) is 6.40. The number of nitrogens with zero attached hydrogens (tertiary/aromatic N) is 1. The molecule has 0 fully saturated rings. The maximum atomic E-state index is 5.14. The van der Waals surface area contributed by atoms with Crippen LogP contribution in [0.2, 0.25) is 0 Å². The molecule has 0 spiro atoms. The summed E-state index contributed by atoms with van der Waals surface area (Å²) in [5.74, 6) is 0.889. The SMILES string of the molecule is Cc1ccc(NCc2c(C)noc2C)c(C)c1. The fourth-order valence-corrected chi connectivity index (χ4v) is 1.95. The second-order valence-electron chi connectivity index (χ2n) is 4.47. The van der Waals surface area contributed by atoms with E-state index in [4.69, 9.17) is 4.52 Å². The van der Waals surface area contributed by atoms with Crippen molar-refractivity contribution in [3.05, 3.63) is 46.3 Å². The fourth-order valence-electron chi connectivity index (χ4n) is 1.95. The molecule has 0 bridgehead atoms. The predicted octanol–water partition coefficient (Wildman–Crippen LogP) is 3.52. The highest BCUT2D eigenvalue weighted by Gasteiger charge is 2.08. The molecule has 0 saturated heterocycles. The minimum absolute atomic E-state index is 0.755. The van der Waals surface area contributed by atoms with Crippen molar-refractivity contribution in [2.45, 2.75) is 34.2 Å². The Balaban J connectivity index is 2.13. The number of nitrogens with one attached hydrogen (secondary N) is 1. The molecule has 1 heterocycles. The highest BCUT2D eigenvalue weighted by Crippen LogP contribution is 2.19. The molecule has 2 aromatic rings. The Morgan fingerprint density at radius 2 is 1.94 bits per heavy atom. The van der Waals surface area contributed by atoms with E-state index < -0.39 is 0 Å². The van der Waals surface area contributed by atoms with Gasteiger partial charge >= 0.3 is 0 Å². The van der Waals surface area contributed by atoms with Gasteiger partial charge in [-0.3, -0.25) is 0 Å². The molecular weight excluding hydrogens is 212 g/mol. The Bertz CT molecular complexity index is 510. The van der Waals surface area contributed by atoms with Crippen molar-refractivity contribution in [3.63, 3.8) is 0 Å². The largest absolute Gasteiger partial charge is 0.381 e. The van der Waals surface area contributed by atoms with Crippen LogP contribution in [0.5, 0.6) is 0 Å². The monoisotopic (exact) mass is 230 g/mol.